The van der Waals surface area contributed by atoms with E-state index < -0.39 is 0 Å². The Labute approximate surface area is 146 Å². The molecule has 0 radical (unpaired) electrons. The number of hydrogen-bond acceptors (Lipinski definition) is 3. The first-order valence-corrected chi connectivity index (χ1v) is 8.20. The summed E-state index contributed by atoms with van der Waals surface area (Å²) in [6.45, 7) is 2.08. The summed E-state index contributed by atoms with van der Waals surface area (Å²) in [6.07, 6.45) is 1.95. The molecule has 4 aromatic rings. The number of anilines is 2. The standard InChI is InChI=1S/C21H18N4/c1-16-11-13-17(14-12-16)22-20-10-6-5-9-19(20)21-15-25(24-23-21)18-7-3-2-4-8-18/h2-15,22H,1H3. The van der Waals surface area contributed by atoms with Crippen LogP contribution in [0.3, 0.4) is 0 Å². The first-order chi connectivity index (χ1) is 12.3. The molecule has 3 aromatic carbocycles. The van der Waals surface area contributed by atoms with Crippen molar-refractivity contribution in [2.45, 2.75) is 6.92 Å². The number of para-hydroxylation sites is 2. The zero-order valence-corrected chi connectivity index (χ0v) is 13.9. The lowest BCUT2D eigenvalue weighted by Gasteiger charge is -2.10. The Kier molecular flexibility index (Phi) is 4.01. The Morgan fingerprint density at radius 3 is 2.32 bits per heavy atom. The zero-order valence-electron chi connectivity index (χ0n) is 13.9. The average molecular weight is 326 g/mol. The summed E-state index contributed by atoms with van der Waals surface area (Å²) < 4.78 is 1.79. The lowest BCUT2D eigenvalue weighted by molar-refractivity contribution is 0.804. The maximum absolute atomic E-state index is 4.35. The van der Waals surface area contributed by atoms with Gasteiger partial charge in [-0.2, -0.15) is 0 Å². The Hall–Kier alpha value is -3.40. The van der Waals surface area contributed by atoms with Crippen molar-refractivity contribution in [1.82, 2.24) is 15.0 Å². The van der Waals surface area contributed by atoms with Crippen LogP contribution in [0, 0.1) is 6.92 Å². The number of rotatable bonds is 4. The third kappa shape index (κ3) is 3.28. The van der Waals surface area contributed by atoms with Crippen LogP contribution in [0.5, 0.6) is 0 Å². The fraction of sp³-hybridized carbons (Fsp3) is 0.0476. The number of benzene rings is 3. The highest BCUT2D eigenvalue weighted by Crippen LogP contribution is 2.29. The fourth-order valence-corrected chi connectivity index (χ4v) is 2.70. The molecule has 0 aliphatic heterocycles. The molecule has 0 fully saturated rings. The van der Waals surface area contributed by atoms with E-state index in [1.165, 1.54) is 5.56 Å². The van der Waals surface area contributed by atoms with Gasteiger partial charge in [0.15, 0.2) is 0 Å². The minimum Gasteiger partial charge on any atom is -0.355 e. The van der Waals surface area contributed by atoms with Crippen molar-refractivity contribution >= 4 is 11.4 Å². The molecule has 0 amide bonds. The van der Waals surface area contributed by atoms with E-state index in [4.69, 9.17) is 0 Å². The fourth-order valence-electron chi connectivity index (χ4n) is 2.70. The molecule has 4 nitrogen and oxygen atoms in total. The number of nitrogens with one attached hydrogen (secondary N) is 1. The van der Waals surface area contributed by atoms with Crippen LogP contribution < -0.4 is 5.32 Å². The Morgan fingerprint density at radius 2 is 1.52 bits per heavy atom. The van der Waals surface area contributed by atoms with Crippen molar-refractivity contribution in [2.75, 3.05) is 5.32 Å². The lowest BCUT2D eigenvalue weighted by Crippen LogP contribution is -1.93. The monoisotopic (exact) mass is 326 g/mol. The van der Waals surface area contributed by atoms with Crippen molar-refractivity contribution in [3.8, 4) is 16.9 Å². The minimum absolute atomic E-state index is 0.832. The lowest BCUT2D eigenvalue weighted by atomic mass is 10.1. The van der Waals surface area contributed by atoms with E-state index >= 15 is 0 Å². The SMILES string of the molecule is Cc1ccc(Nc2ccccc2-c2cn(-c3ccccc3)nn2)cc1. The maximum atomic E-state index is 4.35. The minimum atomic E-state index is 0.832. The van der Waals surface area contributed by atoms with Crippen molar-refractivity contribution in [2.24, 2.45) is 0 Å². The molecule has 1 aromatic heterocycles. The van der Waals surface area contributed by atoms with Crippen LogP contribution in [0.15, 0.2) is 85.1 Å². The molecule has 1 N–H and O–H groups in total. The second-order valence-electron chi connectivity index (χ2n) is 5.92. The number of nitrogens with zero attached hydrogens (tertiary/aromatic N) is 3. The Bertz CT molecular complexity index is 972. The molecule has 4 rings (SSSR count). The van der Waals surface area contributed by atoms with E-state index in [0.717, 1.165) is 28.3 Å². The predicted molar refractivity (Wildman–Crippen MR) is 101 cm³/mol. The maximum Gasteiger partial charge on any atom is 0.115 e. The highest BCUT2D eigenvalue weighted by molar-refractivity contribution is 5.78. The smallest absolute Gasteiger partial charge is 0.115 e. The summed E-state index contributed by atoms with van der Waals surface area (Å²) >= 11 is 0. The highest BCUT2D eigenvalue weighted by atomic mass is 15.4. The van der Waals surface area contributed by atoms with Gasteiger partial charge in [0.25, 0.3) is 0 Å². The van der Waals surface area contributed by atoms with Gasteiger partial charge in [0.1, 0.15) is 5.69 Å². The third-order valence-corrected chi connectivity index (χ3v) is 4.05. The van der Waals surface area contributed by atoms with Gasteiger partial charge in [-0.3, -0.25) is 0 Å². The number of aromatic nitrogens is 3. The van der Waals surface area contributed by atoms with Gasteiger partial charge in [0.2, 0.25) is 0 Å². The zero-order chi connectivity index (χ0) is 17.1. The van der Waals surface area contributed by atoms with Gasteiger partial charge < -0.3 is 5.32 Å². The van der Waals surface area contributed by atoms with E-state index in [0.29, 0.717) is 0 Å². The molecule has 122 valence electrons. The van der Waals surface area contributed by atoms with Crippen molar-refractivity contribution in [3.63, 3.8) is 0 Å². The topological polar surface area (TPSA) is 42.7 Å². The van der Waals surface area contributed by atoms with E-state index in [9.17, 15) is 0 Å². The quantitative estimate of drug-likeness (QED) is 0.575. The summed E-state index contributed by atoms with van der Waals surface area (Å²) in [5, 5.41) is 12.1. The molecule has 0 aliphatic rings. The molecular formula is C21H18N4. The van der Waals surface area contributed by atoms with Crippen LogP contribution >= 0.6 is 0 Å². The van der Waals surface area contributed by atoms with Crippen molar-refractivity contribution in [1.29, 1.82) is 0 Å². The molecule has 25 heavy (non-hydrogen) atoms. The van der Waals surface area contributed by atoms with Crippen LogP contribution in [0.1, 0.15) is 5.56 Å². The summed E-state index contributed by atoms with van der Waals surface area (Å²) in [5.41, 5.74) is 6.14. The van der Waals surface area contributed by atoms with Crippen LogP contribution in [0.2, 0.25) is 0 Å². The highest BCUT2D eigenvalue weighted by Gasteiger charge is 2.10. The normalized spacial score (nSPS) is 10.6. The average Bonchev–Trinajstić information content (AvgIpc) is 3.15. The second kappa shape index (κ2) is 6.61. The van der Waals surface area contributed by atoms with E-state index in [1.54, 1.807) is 4.68 Å². The van der Waals surface area contributed by atoms with Crippen LogP contribution in [-0.2, 0) is 0 Å². The second-order valence-corrected chi connectivity index (χ2v) is 5.92. The summed E-state index contributed by atoms with van der Waals surface area (Å²) in [7, 11) is 0. The molecule has 4 heteroatoms. The number of aryl methyl sites for hydroxylation is 1. The third-order valence-electron chi connectivity index (χ3n) is 4.05. The Morgan fingerprint density at radius 1 is 0.800 bits per heavy atom. The molecule has 1 heterocycles. The molecule has 0 unspecified atom stereocenters. The van der Waals surface area contributed by atoms with Crippen molar-refractivity contribution in [3.05, 3.63) is 90.6 Å². The predicted octanol–water partition coefficient (Wildman–Crippen LogP) is 4.99. The largest absolute Gasteiger partial charge is 0.355 e. The van der Waals surface area contributed by atoms with Gasteiger partial charge in [0.05, 0.1) is 11.9 Å². The summed E-state index contributed by atoms with van der Waals surface area (Å²) in [5.74, 6) is 0. The van der Waals surface area contributed by atoms with Gasteiger partial charge in [-0.05, 0) is 37.3 Å². The number of hydrogen-bond donors (Lipinski definition) is 1. The van der Waals surface area contributed by atoms with E-state index in [2.05, 4.69) is 59.0 Å². The molecule has 0 spiro atoms. The Balaban J connectivity index is 1.67. The van der Waals surface area contributed by atoms with Crippen LogP contribution in [-0.4, -0.2) is 15.0 Å². The van der Waals surface area contributed by atoms with Gasteiger partial charge >= 0.3 is 0 Å². The summed E-state index contributed by atoms with van der Waals surface area (Å²) in [6, 6.07) is 26.5. The molecule has 0 aliphatic carbocycles. The molecular weight excluding hydrogens is 308 g/mol. The van der Waals surface area contributed by atoms with Gasteiger partial charge in [-0.25, -0.2) is 4.68 Å². The van der Waals surface area contributed by atoms with Gasteiger partial charge in [-0.15, -0.1) is 5.10 Å². The molecule has 0 atom stereocenters. The first kappa shape index (κ1) is 15.1. The van der Waals surface area contributed by atoms with Crippen molar-refractivity contribution < 1.29 is 0 Å². The first-order valence-electron chi connectivity index (χ1n) is 8.20. The molecule has 0 bridgehead atoms. The van der Waals surface area contributed by atoms with Crippen LogP contribution in [0.25, 0.3) is 16.9 Å². The van der Waals surface area contributed by atoms with Gasteiger partial charge in [-0.1, -0.05) is 59.3 Å². The molecule has 0 saturated carbocycles. The van der Waals surface area contributed by atoms with Gasteiger partial charge in [0, 0.05) is 16.9 Å². The van der Waals surface area contributed by atoms with E-state index in [1.807, 2.05) is 48.7 Å². The molecule has 0 saturated heterocycles. The van der Waals surface area contributed by atoms with Crippen LogP contribution in [0.4, 0.5) is 11.4 Å². The van der Waals surface area contributed by atoms with E-state index in [-0.39, 0.29) is 0 Å². The summed E-state index contributed by atoms with van der Waals surface area (Å²) in [4.78, 5) is 0.